The van der Waals surface area contributed by atoms with Crippen molar-refractivity contribution in [3.63, 3.8) is 0 Å². The van der Waals surface area contributed by atoms with Gasteiger partial charge in [0.1, 0.15) is 0 Å². The van der Waals surface area contributed by atoms with E-state index in [2.05, 4.69) is 16.4 Å². The van der Waals surface area contributed by atoms with E-state index in [4.69, 9.17) is 4.74 Å². The summed E-state index contributed by atoms with van der Waals surface area (Å²) in [6.45, 7) is 0. The second-order valence-corrected chi connectivity index (χ2v) is 4.82. The molecule has 0 amide bonds. The fourth-order valence-electron chi connectivity index (χ4n) is 2.64. The number of fused-ring (bicyclic) bond motifs is 1. The van der Waals surface area contributed by atoms with Crippen LogP contribution in [0.5, 0.6) is 0 Å². The summed E-state index contributed by atoms with van der Waals surface area (Å²) in [6, 6.07) is 11.6. The number of anilines is 1. The maximum atomic E-state index is 11.8. The standard InChI is InChI=1S/C16H16N2O2/c1-20-16(19)12-6-2-3-7-13(12)18-14-9-8-11-5-4-10-17-15(11)14/h2-7,10,14,18H,8-9H2,1H3. The highest BCUT2D eigenvalue weighted by Crippen LogP contribution is 2.33. The molecule has 1 aromatic carbocycles. The Morgan fingerprint density at radius 2 is 2.15 bits per heavy atom. The number of nitrogens with one attached hydrogen (secondary N) is 1. The average molecular weight is 268 g/mol. The molecule has 0 aliphatic heterocycles. The predicted molar refractivity (Wildman–Crippen MR) is 76.7 cm³/mol. The van der Waals surface area contributed by atoms with Crippen molar-refractivity contribution < 1.29 is 9.53 Å². The Morgan fingerprint density at radius 1 is 1.30 bits per heavy atom. The lowest BCUT2D eigenvalue weighted by atomic mass is 10.1. The Morgan fingerprint density at radius 3 is 3.00 bits per heavy atom. The number of methoxy groups -OCH3 is 1. The van der Waals surface area contributed by atoms with Gasteiger partial charge in [0.2, 0.25) is 0 Å². The number of ether oxygens (including phenoxy) is 1. The summed E-state index contributed by atoms with van der Waals surface area (Å²) in [7, 11) is 1.39. The zero-order valence-corrected chi connectivity index (χ0v) is 11.3. The molecule has 0 spiro atoms. The molecule has 1 aromatic heterocycles. The minimum atomic E-state index is -0.327. The molecule has 1 unspecified atom stereocenters. The molecule has 4 nitrogen and oxygen atoms in total. The lowest BCUT2D eigenvalue weighted by Gasteiger charge is -2.16. The van der Waals surface area contributed by atoms with E-state index >= 15 is 0 Å². The van der Waals surface area contributed by atoms with Gasteiger partial charge in [-0.1, -0.05) is 18.2 Å². The number of rotatable bonds is 3. The summed E-state index contributed by atoms with van der Waals surface area (Å²) in [4.78, 5) is 16.2. The van der Waals surface area contributed by atoms with Crippen molar-refractivity contribution in [2.75, 3.05) is 12.4 Å². The van der Waals surface area contributed by atoms with E-state index in [-0.39, 0.29) is 12.0 Å². The number of carbonyl (C=O) groups is 1. The average Bonchev–Trinajstić information content (AvgIpc) is 2.90. The predicted octanol–water partition coefficient (Wildman–Crippen LogP) is 2.97. The van der Waals surface area contributed by atoms with Crippen molar-refractivity contribution in [2.45, 2.75) is 18.9 Å². The first-order valence-corrected chi connectivity index (χ1v) is 6.67. The number of aryl methyl sites for hydroxylation is 1. The molecule has 2 aromatic rings. The van der Waals surface area contributed by atoms with Crippen LogP contribution in [0, 0.1) is 0 Å². The van der Waals surface area contributed by atoms with Crippen LogP contribution in [0.1, 0.15) is 34.1 Å². The number of hydrogen-bond acceptors (Lipinski definition) is 4. The first kappa shape index (κ1) is 12.7. The van der Waals surface area contributed by atoms with Gasteiger partial charge in [0, 0.05) is 11.9 Å². The van der Waals surface area contributed by atoms with Crippen molar-refractivity contribution in [1.82, 2.24) is 4.98 Å². The van der Waals surface area contributed by atoms with E-state index < -0.39 is 0 Å². The number of nitrogens with zero attached hydrogens (tertiary/aromatic N) is 1. The third-order valence-corrected chi connectivity index (χ3v) is 3.62. The van der Waals surface area contributed by atoms with E-state index in [9.17, 15) is 4.79 Å². The monoisotopic (exact) mass is 268 g/mol. The van der Waals surface area contributed by atoms with Crippen LogP contribution in [0.2, 0.25) is 0 Å². The van der Waals surface area contributed by atoms with E-state index in [0.29, 0.717) is 5.56 Å². The number of aromatic nitrogens is 1. The van der Waals surface area contributed by atoms with E-state index in [1.54, 1.807) is 6.07 Å². The molecule has 1 aliphatic rings. The van der Waals surface area contributed by atoms with E-state index in [1.807, 2.05) is 30.5 Å². The number of pyridine rings is 1. The number of carbonyl (C=O) groups excluding carboxylic acids is 1. The topological polar surface area (TPSA) is 51.2 Å². The molecule has 0 bridgehead atoms. The van der Waals surface area contributed by atoms with Crippen LogP contribution >= 0.6 is 0 Å². The molecule has 4 heteroatoms. The van der Waals surface area contributed by atoms with Gasteiger partial charge in [0.25, 0.3) is 0 Å². The minimum absolute atomic E-state index is 0.150. The number of esters is 1. The first-order valence-electron chi connectivity index (χ1n) is 6.67. The highest BCUT2D eigenvalue weighted by Gasteiger charge is 2.24. The molecule has 102 valence electrons. The zero-order valence-electron chi connectivity index (χ0n) is 11.3. The molecule has 20 heavy (non-hydrogen) atoms. The second kappa shape index (κ2) is 5.33. The van der Waals surface area contributed by atoms with Gasteiger partial charge in [0.05, 0.1) is 24.4 Å². The molecule has 0 radical (unpaired) electrons. The Bertz CT molecular complexity index is 640. The Kier molecular flexibility index (Phi) is 3.37. The van der Waals surface area contributed by atoms with Crippen LogP contribution in [-0.4, -0.2) is 18.1 Å². The second-order valence-electron chi connectivity index (χ2n) is 4.82. The van der Waals surface area contributed by atoms with Crippen molar-refractivity contribution in [3.05, 3.63) is 59.4 Å². The van der Waals surface area contributed by atoms with Crippen molar-refractivity contribution in [3.8, 4) is 0 Å². The largest absolute Gasteiger partial charge is 0.465 e. The fraction of sp³-hybridized carbons (Fsp3) is 0.250. The SMILES string of the molecule is COC(=O)c1ccccc1NC1CCc2cccnc21. The summed E-state index contributed by atoms with van der Waals surface area (Å²) in [6.07, 6.45) is 3.81. The minimum Gasteiger partial charge on any atom is -0.465 e. The number of hydrogen-bond donors (Lipinski definition) is 1. The van der Waals surface area contributed by atoms with Gasteiger partial charge < -0.3 is 10.1 Å². The molecule has 1 aliphatic carbocycles. The summed E-state index contributed by atoms with van der Waals surface area (Å²) in [5, 5.41) is 3.42. The van der Waals surface area contributed by atoms with Crippen LogP contribution < -0.4 is 5.32 Å². The van der Waals surface area contributed by atoms with Crippen LogP contribution in [0.25, 0.3) is 0 Å². The summed E-state index contributed by atoms with van der Waals surface area (Å²) in [5.74, 6) is -0.327. The maximum Gasteiger partial charge on any atom is 0.339 e. The summed E-state index contributed by atoms with van der Waals surface area (Å²) in [5.41, 5.74) is 3.70. The van der Waals surface area contributed by atoms with Gasteiger partial charge in [0.15, 0.2) is 0 Å². The Hall–Kier alpha value is -2.36. The van der Waals surface area contributed by atoms with Crippen molar-refractivity contribution in [2.24, 2.45) is 0 Å². The van der Waals surface area contributed by atoms with Crippen molar-refractivity contribution >= 4 is 11.7 Å². The molecular formula is C16H16N2O2. The molecule has 1 atom stereocenters. The normalized spacial score (nSPS) is 16.6. The van der Waals surface area contributed by atoms with Crippen molar-refractivity contribution in [1.29, 1.82) is 0 Å². The number of para-hydroxylation sites is 1. The highest BCUT2D eigenvalue weighted by molar-refractivity contribution is 5.95. The lowest BCUT2D eigenvalue weighted by Crippen LogP contribution is -2.12. The van der Waals surface area contributed by atoms with Crippen LogP contribution in [-0.2, 0) is 11.2 Å². The molecular weight excluding hydrogens is 252 g/mol. The van der Waals surface area contributed by atoms with Gasteiger partial charge in [-0.05, 0) is 36.6 Å². The summed E-state index contributed by atoms with van der Waals surface area (Å²) < 4.78 is 4.82. The Labute approximate surface area is 117 Å². The third kappa shape index (κ3) is 2.25. The Balaban J connectivity index is 1.88. The first-order chi connectivity index (χ1) is 9.79. The van der Waals surface area contributed by atoms with Gasteiger partial charge in [-0.3, -0.25) is 4.98 Å². The molecule has 1 heterocycles. The zero-order chi connectivity index (χ0) is 13.9. The molecule has 0 saturated carbocycles. The van der Waals surface area contributed by atoms with E-state index in [0.717, 1.165) is 24.2 Å². The molecule has 3 rings (SSSR count). The maximum absolute atomic E-state index is 11.8. The van der Waals surface area contributed by atoms with Gasteiger partial charge >= 0.3 is 5.97 Å². The lowest BCUT2D eigenvalue weighted by molar-refractivity contribution is 0.0602. The summed E-state index contributed by atoms with van der Waals surface area (Å²) >= 11 is 0. The van der Waals surface area contributed by atoms with Gasteiger partial charge in [-0.15, -0.1) is 0 Å². The fourth-order valence-corrected chi connectivity index (χ4v) is 2.64. The van der Waals surface area contributed by atoms with Crippen LogP contribution in [0.3, 0.4) is 0 Å². The molecule has 0 fully saturated rings. The number of benzene rings is 1. The van der Waals surface area contributed by atoms with Crippen LogP contribution in [0.15, 0.2) is 42.6 Å². The third-order valence-electron chi connectivity index (χ3n) is 3.62. The smallest absolute Gasteiger partial charge is 0.339 e. The quantitative estimate of drug-likeness (QED) is 0.869. The van der Waals surface area contributed by atoms with E-state index in [1.165, 1.54) is 12.7 Å². The van der Waals surface area contributed by atoms with Gasteiger partial charge in [-0.25, -0.2) is 4.79 Å². The molecule has 0 saturated heterocycles. The molecule has 1 N–H and O–H groups in total. The van der Waals surface area contributed by atoms with Gasteiger partial charge in [-0.2, -0.15) is 0 Å². The highest BCUT2D eigenvalue weighted by atomic mass is 16.5. The van der Waals surface area contributed by atoms with Crippen LogP contribution in [0.4, 0.5) is 5.69 Å².